The highest BCUT2D eigenvalue weighted by molar-refractivity contribution is 5.49. The van der Waals surface area contributed by atoms with Gasteiger partial charge in [-0.1, -0.05) is 6.07 Å². The summed E-state index contributed by atoms with van der Waals surface area (Å²) in [5.74, 6) is 1.24. The molecule has 1 saturated heterocycles. The van der Waals surface area contributed by atoms with Crippen molar-refractivity contribution in [2.45, 2.75) is 18.2 Å². The third-order valence-electron chi connectivity index (χ3n) is 4.66. The van der Waals surface area contributed by atoms with Crippen LogP contribution in [0.1, 0.15) is 11.5 Å². The smallest absolute Gasteiger partial charge is 0.231 e. The second-order valence-electron chi connectivity index (χ2n) is 5.95. The Labute approximate surface area is 139 Å². The van der Waals surface area contributed by atoms with Crippen LogP contribution in [0.25, 0.3) is 0 Å². The Hall–Kier alpha value is -2.47. The molecule has 126 valence electrons. The number of hydrogen-bond acceptors (Lipinski definition) is 8. The third kappa shape index (κ3) is 2.26. The minimum atomic E-state index is -0.335. The fraction of sp³-hybridized carbons (Fsp3) is 0.438. The lowest BCUT2D eigenvalue weighted by atomic mass is 9.75. The zero-order valence-electron chi connectivity index (χ0n) is 13.1. The van der Waals surface area contributed by atoms with Gasteiger partial charge in [-0.05, 0) is 17.7 Å². The van der Waals surface area contributed by atoms with Crippen LogP contribution in [0, 0.1) is 17.2 Å². The SMILES string of the molecule is COCC1NNC2OC(N)=C(C#N)C(c3ccc4c(c3)OCO4)C12. The molecule has 4 N–H and O–H groups in total. The van der Waals surface area contributed by atoms with Gasteiger partial charge in [-0.25, -0.2) is 10.9 Å². The minimum absolute atomic E-state index is 0.0214. The molecule has 3 aliphatic heterocycles. The summed E-state index contributed by atoms with van der Waals surface area (Å²) in [5, 5.41) is 9.63. The van der Waals surface area contributed by atoms with Crippen molar-refractivity contribution in [1.82, 2.24) is 10.9 Å². The van der Waals surface area contributed by atoms with Gasteiger partial charge in [-0.2, -0.15) is 5.26 Å². The summed E-state index contributed by atoms with van der Waals surface area (Å²) in [5.41, 5.74) is 13.6. The van der Waals surface area contributed by atoms with Crippen molar-refractivity contribution >= 4 is 0 Å². The van der Waals surface area contributed by atoms with Crippen molar-refractivity contribution in [3.8, 4) is 17.6 Å². The number of nitrogens with two attached hydrogens (primary N) is 1. The number of hydrazine groups is 1. The largest absolute Gasteiger partial charge is 0.458 e. The van der Waals surface area contributed by atoms with Crippen molar-refractivity contribution in [3.05, 3.63) is 35.2 Å². The summed E-state index contributed by atoms with van der Waals surface area (Å²) in [7, 11) is 1.64. The normalized spacial score (nSPS) is 30.7. The number of ether oxygens (including phenoxy) is 4. The number of benzene rings is 1. The molecule has 0 aromatic heterocycles. The van der Waals surface area contributed by atoms with Crippen LogP contribution in [-0.4, -0.2) is 32.8 Å². The summed E-state index contributed by atoms with van der Waals surface area (Å²) in [6.45, 7) is 0.689. The van der Waals surface area contributed by atoms with Crippen molar-refractivity contribution in [3.63, 3.8) is 0 Å². The number of fused-ring (bicyclic) bond motifs is 2. The molecule has 1 fully saturated rings. The van der Waals surface area contributed by atoms with E-state index in [1.165, 1.54) is 0 Å². The molecule has 24 heavy (non-hydrogen) atoms. The van der Waals surface area contributed by atoms with E-state index in [1.807, 2.05) is 18.2 Å². The zero-order valence-corrected chi connectivity index (χ0v) is 13.1. The van der Waals surface area contributed by atoms with E-state index in [4.69, 9.17) is 24.7 Å². The molecule has 0 bridgehead atoms. The lowest BCUT2D eigenvalue weighted by molar-refractivity contribution is 0.0279. The van der Waals surface area contributed by atoms with Crippen LogP contribution in [0.3, 0.4) is 0 Å². The molecule has 4 atom stereocenters. The van der Waals surface area contributed by atoms with Crippen LogP contribution >= 0.6 is 0 Å². The maximum Gasteiger partial charge on any atom is 0.231 e. The molecular formula is C16H18N4O4. The first-order chi connectivity index (χ1) is 11.7. The molecule has 0 aliphatic carbocycles. The van der Waals surface area contributed by atoms with E-state index in [0.717, 1.165) is 5.56 Å². The van der Waals surface area contributed by atoms with Gasteiger partial charge in [0, 0.05) is 18.9 Å². The predicted molar refractivity (Wildman–Crippen MR) is 82.4 cm³/mol. The second-order valence-corrected chi connectivity index (χ2v) is 5.95. The van der Waals surface area contributed by atoms with E-state index in [9.17, 15) is 5.26 Å². The molecule has 8 nitrogen and oxygen atoms in total. The van der Waals surface area contributed by atoms with Crippen molar-refractivity contribution in [1.29, 1.82) is 5.26 Å². The van der Waals surface area contributed by atoms with Gasteiger partial charge in [-0.3, -0.25) is 0 Å². The molecule has 4 unspecified atom stereocenters. The molecule has 0 radical (unpaired) electrons. The quantitative estimate of drug-likeness (QED) is 0.725. The predicted octanol–water partition coefficient (Wildman–Crippen LogP) is 0.288. The Kier molecular flexibility index (Phi) is 3.69. The third-order valence-corrected chi connectivity index (χ3v) is 4.66. The Balaban J connectivity index is 1.78. The van der Waals surface area contributed by atoms with E-state index < -0.39 is 0 Å². The molecule has 8 heteroatoms. The van der Waals surface area contributed by atoms with E-state index in [2.05, 4.69) is 16.9 Å². The van der Waals surface area contributed by atoms with Gasteiger partial charge < -0.3 is 24.7 Å². The number of nitriles is 1. The van der Waals surface area contributed by atoms with E-state index in [-0.39, 0.29) is 36.8 Å². The summed E-state index contributed by atoms with van der Waals surface area (Å²) < 4.78 is 21.8. The van der Waals surface area contributed by atoms with E-state index in [1.54, 1.807) is 7.11 Å². The molecule has 1 aromatic rings. The standard InChI is InChI=1S/C16H18N4O4/c1-21-6-10-14-13(8-2-3-11-12(4-8)23-7-22-11)9(5-17)15(18)24-16(14)20-19-10/h2-4,10,13-14,16,19-20H,6-7,18H2,1H3. The Morgan fingerprint density at radius 3 is 2.96 bits per heavy atom. The van der Waals surface area contributed by atoms with Crippen molar-refractivity contribution in [2.24, 2.45) is 11.7 Å². The maximum atomic E-state index is 9.63. The van der Waals surface area contributed by atoms with Crippen LogP contribution in [0.4, 0.5) is 0 Å². The van der Waals surface area contributed by atoms with Gasteiger partial charge in [0.1, 0.15) is 6.07 Å². The topological polar surface area (TPSA) is 111 Å². The van der Waals surface area contributed by atoms with Crippen LogP contribution in [-0.2, 0) is 9.47 Å². The Morgan fingerprint density at radius 2 is 2.17 bits per heavy atom. The summed E-state index contributed by atoms with van der Waals surface area (Å²) in [6, 6.07) is 7.88. The van der Waals surface area contributed by atoms with Crippen molar-refractivity contribution in [2.75, 3.05) is 20.5 Å². The maximum absolute atomic E-state index is 9.63. The highest BCUT2D eigenvalue weighted by atomic mass is 16.7. The molecular weight excluding hydrogens is 312 g/mol. The monoisotopic (exact) mass is 330 g/mol. The first-order valence-electron chi connectivity index (χ1n) is 7.69. The lowest BCUT2D eigenvalue weighted by Crippen LogP contribution is -2.42. The fourth-order valence-corrected chi connectivity index (χ4v) is 3.61. The average molecular weight is 330 g/mol. The summed E-state index contributed by atoms with van der Waals surface area (Å²) in [4.78, 5) is 0. The van der Waals surface area contributed by atoms with Gasteiger partial charge in [0.05, 0.1) is 18.2 Å². The van der Waals surface area contributed by atoms with E-state index in [0.29, 0.717) is 23.7 Å². The Bertz CT molecular complexity index is 729. The number of rotatable bonds is 3. The Morgan fingerprint density at radius 1 is 1.33 bits per heavy atom. The first kappa shape index (κ1) is 15.1. The summed E-state index contributed by atoms with van der Waals surface area (Å²) >= 11 is 0. The number of allylic oxidation sites excluding steroid dienone is 1. The minimum Gasteiger partial charge on any atom is -0.458 e. The molecule has 0 saturated carbocycles. The zero-order chi connectivity index (χ0) is 16.7. The fourth-order valence-electron chi connectivity index (χ4n) is 3.61. The van der Waals surface area contributed by atoms with Crippen LogP contribution < -0.4 is 26.1 Å². The highest BCUT2D eigenvalue weighted by Crippen LogP contribution is 2.45. The van der Waals surface area contributed by atoms with Crippen LogP contribution in [0.15, 0.2) is 29.7 Å². The van der Waals surface area contributed by atoms with Gasteiger partial charge in [0.25, 0.3) is 0 Å². The van der Waals surface area contributed by atoms with Crippen molar-refractivity contribution < 1.29 is 18.9 Å². The van der Waals surface area contributed by atoms with Crippen LogP contribution in [0.2, 0.25) is 0 Å². The molecule has 3 heterocycles. The number of nitrogens with zero attached hydrogens (tertiary/aromatic N) is 1. The van der Waals surface area contributed by atoms with Crippen LogP contribution in [0.5, 0.6) is 11.5 Å². The van der Waals surface area contributed by atoms with Gasteiger partial charge in [0.15, 0.2) is 17.7 Å². The summed E-state index contributed by atoms with van der Waals surface area (Å²) in [6.07, 6.45) is -0.335. The second kappa shape index (κ2) is 5.87. The highest BCUT2D eigenvalue weighted by Gasteiger charge is 2.48. The van der Waals surface area contributed by atoms with Gasteiger partial charge in [-0.15, -0.1) is 0 Å². The molecule has 3 aliphatic rings. The number of methoxy groups -OCH3 is 1. The number of nitrogens with one attached hydrogen (secondary N) is 2. The first-order valence-corrected chi connectivity index (χ1v) is 7.69. The molecule has 1 aromatic carbocycles. The van der Waals surface area contributed by atoms with E-state index >= 15 is 0 Å². The number of hydrogen-bond donors (Lipinski definition) is 3. The molecule has 4 rings (SSSR count). The van der Waals surface area contributed by atoms with Gasteiger partial charge >= 0.3 is 0 Å². The average Bonchev–Trinajstić information content (AvgIpc) is 3.20. The van der Waals surface area contributed by atoms with Gasteiger partial charge in [0.2, 0.25) is 12.7 Å². The lowest BCUT2D eigenvalue weighted by Gasteiger charge is -2.35. The molecule has 0 amide bonds. The molecule has 0 spiro atoms.